The van der Waals surface area contributed by atoms with Crippen LogP contribution < -0.4 is 5.46 Å². The van der Waals surface area contributed by atoms with Crippen LogP contribution in [0.25, 0.3) is 21.5 Å². The molecule has 0 unspecified atom stereocenters. The summed E-state index contributed by atoms with van der Waals surface area (Å²) in [4.78, 5) is 2.65. The van der Waals surface area contributed by atoms with Gasteiger partial charge in [-0.1, -0.05) is 75.2 Å². The van der Waals surface area contributed by atoms with Crippen LogP contribution in [-0.4, -0.2) is 36.3 Å². The second-order valence-corrected chi connectivity index (χ2v) is 10.6. The summed E-state index contributed by atoms with van der Waals surface area (Å²) in [6, 6.07) is 17.7. The Bertz CT molecular complexity index is 1030. The molecule has 0 saturated carbocycles. The highest BCUT2D eigenvalue weighted by atomic mass is 16.7. The molecule has 33 heavy (non-hydrogen) atoms. The van der Waals surface area contributed by atoms with E-state index >= 15 is 0 Å². The Kier molecular flexibility index (Phi) is 7.19. The van der Waals surface area contributed by atoms with Crippen molar-refractivity contribution in [3.8, 4) is 0 Å². The van der Waals surface area contributed by atoms with E-state index < -0.39 is 0 Å². The van der Waals surface area contributed by atoms with E-state index in [0.29, 0.717) is 0 Å². The van der Waals surface area contributed by atoms with Crippen molar-refractivity contribution >= 4 is 34.1 Å². The molecule has 1 fully saturated rings. The van der Waals surface area contributed by atoms with Gasteiger partial charge in [-0.3, -0.25) is 4.90 Å². The first-order chi connectivity index (χ1) is 15.8. The standard InChI is InChI=1S/C29H40BNO2/c1-7-9-19-31(20-10-8-2)21-26-22-15-11-13-17-24(22)27(25-18-14-12-16-23(25)26)30-32-28(3,4)29(5,6)33-30/h11-18H,7-10,19-21H2,1-6H3. The molecule has 0 N–H and O–H groups in total. The second-order valence-electron chi connectivity index (χ2n) is 10.6. The zero-order chi connectivity index (χ0) is 23.6. The molecule has 1 aliphatic rings. The van der Waals surface area contributed by atoms with Crippen LogP contribution in [0.3, 0.4) is 0 Å². The van der Waals surface area contributed by atoms with Gasteiger partial charge in [0.05, 0.1) is 11.2 Å². The molecule has 1 heterocycles. The van der Waals surface area contributed by atoms with E-state index in [-0.39, 0.29) is 18.3 Å². The predicted molar refractivity (Wildman–Crippen MR) is 142 cm³/mol. The number of nitrogens with zero attached hydrogens (tertiary/aromatic N) is 1. The molecule has 1 aliphatic heterocycles. The van der Waals surface area contributed by atoms with Crippen molar-refractivity contribution in [2.75, 3.05) is 13.1 Å². The quantitative estimate of drug-likeness (QED) is 0.270. The van der Waals surface area contributed by atoms with Gasteiger partial charge < -0.3 is 9.31 Å². The van der Waals surface area contributed by atoms with Gasteiger partial charge >= 0.3 is 7.12 Å². The van der Waals surface area contributed by atoms with Crippen LogP contribution >= 0.6 is 0 Å². The molecule has 1 saturated heterocycles. The number of hydrogen-bond acceptors (Lipinski definition) is 3. The first-order valence-electron chi connectivity index (χ1n) is 12.8. The molecule has 0 atom stereocenters. The van der Waals surface area contributed by atoms with E-state index in [1.807, 2.05) is 0 Å². The molecule has 0 aliphatic carbocycles. The average molecular weight is 445 g/mol. The van der Waals surface area contributed by atoms with Crippen LogP contribution in [-0.2, 0) is 15.9 Å². The Hall–Kier alpha value is -1.88. The van der Waals surface area contributed by atoms with Crippen molar-refractivity contribution < 1.29 is 9.31 Å². The number of benzene rings is 3. The highest BCUT2D eigenvalue weighted by molar-refractivity contribution is 6.68. The zero-order valence-electron chi connectivity index (χ0n) is 21.4. The fourth-order valence-electron chi connectivity index (χ4n) is 4.89. The Labute approximate surface area is 200 Å². The van der Waals surface area contributed by atoms with E-state index in [1.54, 1.807) is 0 Å². The first kappa shape index (κ1) is 24.3. The SMILES string of the molecule is CCCCN(CCCC)Cc1c2ccccc2c(B2OC(C)(C)C(C)(C)O2)c2ccccc12. The largest absolute Gasteiger partial charge is 0.496 e. The summed E-state index contributed by atoms with van der Waals surface area (Å²) in [5, 5.41) is 5.13. The molecule has 0 amide bonds. The Morgan fingerprint density at radius 2 is 1.12 bits per heavy atom. The summed E-state index contributed by atoms with van der Waals surface area (Å²) >= 11 is 0. The molecule has 0 spiro atoms. The zero-order valence-corrected chi connectivity index (χ0v) is 21.4. The molecule has 0 bridgehead atoms. The number of rotatable bonds is 9. The van der Waals surface area contributed by atoms with Crippen LogP contribution in [0.1, 0.15) is 72.8 Å². The molecule has 4 rings (SSSR count). The van der Waals surface area contributed by atoms with Crippen LogP contribution in [0, 0.1) is 0 Å². The summed E-state index contributed by atoms with van der Waals surface area (Å²) in [7, 11) is -0.380. The van der Waals surface area contributed by atoms with Crippen LogP contribution in [0.4, 0.5) is 0 Å². The fourth-order valence-corrected chi connectivity index (χ4v) is 4.89. The minimum Gasteiger partial charge on any atom is -0.399 e. The van der Waals surface area contributed by atoms with Crippen LogP contribution in [0.2, 0.25) is 0 Å². The summed E-state index contributed by atoms with van der Waals surface area (Å²) in [6.07, 6.45) is 4.94. The summed E-state index contributed by atoms with van der Waals surface area (Å²) in [6.45, 7) is 16.4. The second kappa shape index (κ2) is 9.78. The molecule has 0 aromatic heterocycles. The maximum atomic E-state index is 6.56. The van der Waals surface area contributed by atoms with Gasteiger partial charge in [-0.15, -0.1) is 0 Å². The third kappa shape index (κ3) is 4.71. The molecule has 176 valence electrons. The molecule has 4 heteroatoms. The van der Waals surface area contributed by atoms with E-state index in [4.69, 9.17) is 9.31 Å². The van der Waals surface area contributed by atoms with Gasteiger partial charge in [-0.25, -0.2) is 0 Å². The maximum Gasteiger partial charge on any atom is 0.496 e. The lowest BCUT2D eigenvalue weighted by atomic mass is 9.72. The maximum absolute atomic E-state index is 6.56. The Morgan fingerprint density at radius 3 is 1.55 bits per heavy atom. The van der Waals surface area contributed by atoms with Crippen molar-refractivity contribution in [2.45, 2.75) is 85.0 Å². The third-order valence-corrected chi connectivity index (χ3v) is 7.61. The van der Waals surface area contributed by atoms with Crippen LogP contribution in [0.5, 0.6) is 0 Å². The molecule has 0 radical (unpaired) electrons. The third-order valence-electron chi connectivity index (χ3n) is 7.61. The summed E-state index contributed by atoms with van der Waals surface area (Å²) in [5.74, 6) is 0. The van der Waals surface area contributed by atoms with Gasteiger partial charge in [0, 0.05) is 6.54 Å². The fraction of sp³-hybridized carbons (Fsp3) is 0.517. The number of fused-ring (bicyclic) bond motifs is 2. The van der Waals surface area contributed by atoms with E-state index in [2.05, 4.69) is 95.0 Å². The highest BCUT2D eigenvalue weighted by Crippen LogP contribution is 2.38. The summed E-state index contributed by atoms with van der Waals surface area (Å²) in [5.41, 5.74) is 1.86. The van der Waals surface area contributed by atoms with Gasteiger partial charge in [-0.2, -0.15) is 0 Å². The van der Waals surface area contributed by atoms with Crippen molar-refractivity contribution in [2.24, 2.45) is 0 Å². The lowest BCUT2D eigenvalue weighted by Gasteiger charge is -2.32. The van der Waals surface area contributed by atoms with Gasteiger partial charge in [0.1, 0.15) is 0 Å². The van der Waals surface area contributed by atoms with Gasteiger partial charge in [0.2, 0.25) is 0 Å². The van der Waals surface area contributed by atoms with E-state index in [0.717, 1.165) is 25.1 Å². The molecule has 3 aromatic rings. The summed E-state index contributed by atoms with van der Waals surface area (Å²) < 4.78 is 13.1. The minimum absolute atomic E-state index is 0.365. The highest BCUT2D eigenvalue weighted by Gasteiger charge is 2.52. The van der Waals surface area contributed by atoms with Crippen molar-refractivity contribution in [1.29, 1.82) is 0 Å². The van der Waals surface area contributed by atoms with E-state index in [9.17, 15) is 0 Å². The lowest BCUT2D eigenvalue weighted by molar-refractivity contribution is 0.00578. The van der Waals surface area contributed by atoms with Crippen molar-refractivity contribution in [3.63, 3.8) is 0 Å². The Balaban J connectivity index is 1.87. The Morgan fingerprint density at radius 1 is 0.697 bits per heavy atom. The molecular weight excluding hydrogens is 405 g/mol. The monoisotopic (exact) mass is 445 g/mol. The minimum atomic E-state index is -0.380. The predicted octanol–water partition coefficient (Wildman–Crippen LogP) is 6.69. The molecular formula is C29H40BNO2. The normalized spacial score (nSPS) is 17.5. The number of hydrogen-bond donors (Lipinski definition) is 0. The van der Waals surface area contributed by atoms with Gasteiger partial charge in [0.25, 0.3) is 0 Å². The topological polar surface area (TPSA) is 21.7 Å². The average Bonchev–Trinajstić information content (AvgIpc) is 3.01. The van der Waals surface area contributed by atoms with E-state index in [1.165, 1.54) is 52.8 Å². The molecule has 3 aromatic carbocycles. The lowest BCUT2D eigenvalue weighted by Crippen LogP contribution is -2.41. The molecule has 3 nitrogen and oxygen atoms in total. The van der Waals surface area contributed by atoms with Crippen molar-refractivity contribution in [1.82, 2.24) is 4.90 Å². The number of unbranched alkanes of at least 4 members (excludes halogenated alkanes) is 2. The van der Waals surface area contributed by atoms with Crippen LogP contribution in [0.15, 0.2) is 48.5 Å². The smallest absolute Gasteiger partial charge is 0.399 e. The van der Waals surface area contributed by atoms with Gasteiger partial charge in [-0.05, 0) is 86.2 Å². The first-order valence-corrected chi connectivity index (χ1v) is 12.8. The van der Waals surface area contributed by atoms with Crippen molar-refractivity contribution in [3.05, 3.63) is 54.1 Å². The van der Waals surface area contributed by atoms with Gasteiger partial charge in [0.15, 0.2) is 0 Å².